The van der Waals surface area contributed by atoms with E-state index in [0.717, 1.165) is 11.3 Å². The van der Waals surface area contributed by atoms with Crippen molar-refractivity contribution in [3.8, 4) is 0 Å². The molecular weight excluding hydrogens is 174 g/mol. The molecule has 0 bridgehead atoms. The van der Waals surface area contributed by atoms with Gasteiger partial charge < -0.3 is 0 Å². The first-order valence-corrected chi connectivity index (χ1v) is 4.67. The van der Waals surface area contributed by atoms with Crippen LogP contribution in [-0.2, 0) is 0 Å². The van der Waals surface area contributed by atoms with Gasteiger partial charge >= 0.3 is 0 Å². The summed E-state index contributed by atoms with van der Waals surface area (Å²) in [5.41, 5.74) is 3.01. The third-order valence-corrected chi connectivity index (χ3v) is 2.34. The molecule has 0 fully saturated rings. The maximum atomic E-state index is 4.07. The second-order valence-corrected chi connectivity index (χ2v) is 4.06. The highest BCUT2D eigenvalue weighted by atomic mass is 15.4. The minimum absolute atomic E-state index is 0.282. The third-order valence-electron chi connectivity index (χ3n) is 2.34. The van der Waals surface area contributed by atoms with Crippen LogP contribution < -0.4 is 0 Å². The zero-order valence-electron chi connectivity index (χ0n) is 8.65. The molecule has 0 unspecified atom stereocenters. The lowest BCUT2D eigenvalue weighted by Gasteiger charge is -2.14. The van der Waals surface area contributed by atoms with Crippen LogP contribution in [0.15, 0.2) is 39.7 Å². The summed E-state index contributed by atoms with van der Waals surface area (Å²) in [6.07, 6.45) is 0. The first-order chi connectivity index (χ1) is 6.59. The first-order valence-electron chi connectivity index (χ1n) is 4.67. The van der Waals surface area contributed by atoms with Crippen LogP contribution >= 0.6 is 0 Å². The number of rotatable bonds is 1. The van der Waals surface area contributed by atoms with E-state index in [1.807, 2.05) is 13.8 Å². The lowest BCUT2D eigenvalue weighted by molar-refractivity contribution is 0.683. The summed E-state index contributed by atoms with van der Waals surface area (Å²) in [6.45, 7) is 6.10. The van der Waals surface area contributed by atoms with E-state index in [4.69, 9.17) is 0 Å². The molecule has 1 heterocycles. The molecule has 0 amide bonds. The van der Waals surface area contributed by atoms with Crippen LogP contribution in [0.1, 0.15) is 25.0 Å². The minimum Gasteiger partial charge on any atom is -0.156 e. The van der Waals surface area contributed by atoms with Crippen LogP contribution in [0.5, 0.6) is 0 Å². The topological polar surface area (TPSA) is 37.1 Å². The monoisotopic (exact) mass is 187 g/mol. The molecule has 0 atom stereocenters. The van der Waals surface area contributed by atoms with E-state index in [2.05, 4.69) is 46.6 Å². The van der Waals surface area contributed by atoms with E-state index < -0.39 is 0 Å². The molecule has 1 aromatic carbocycles. The molecule has 14 heavy (non-hydrogen) atoms. The summed E-state index contributed by atoms with van der Waals surface area (Å²) in [5.74, 6) is 0. The van der Waals surface area contributed by atoms with Gasteiger partial charge in [0.15, 0.2) is 0 Å². The molecular formula is C11H13N3. The highest BCUT2D eigenvalue weighted by Crippen LogP contribution is 2.23. The molecule has 0 aromatic heterocycles. The summed E-state index contributed by atoms with van der Waals surface area (Å²) < 4.78 is 0. The zero-order chi connectivity index (χ0) is 10.2. The maximum Gasteiger partial charge on any atom is 0.122 e. The molecule has 0 spiro atoms. The molecule has 1 aromatic rings. The van der Waals surface area contributed by atoms with Gasteiger partial charge in [-0.25, -0.2) is 0 Å². The quantitative estimate of drug-likeness (QED) is 0.648. The molecule has 1 aliphatic heterocycles. The van der Waals surface area contributed by atoms with E-state index in [-0.39, 0.29) is 5.54 Å². The van der Waals surface area contributed by atoms with Crippen molar-refractivity contribution in [1.29, 1.82) is 0 Å². The predicted octanol–water partition coefficient (Wildman–Crippen LogP) is 2.94. The van der Waals surface area contributed by atoms with E-state index in [1.54, 1.807) is 0 Å². The SMILES string of the molecule is Cc1ccc(C2=NN=NC2(C)C)cc1. The Morgan fingerprint density at radius 3 is 2.21 bits per heavy atom. The summed E-state index contributed by atoms with van der Waals surface area (Å²) in [6, 6.07) is 8.27. The summed E-state index contributed by atoms with van der Waals surface area (Å²) in [7, 11) is 0. The van der Waals surface area contributed by atoms with Crippen molar-refractivity contribution in [2.75, 3.05) is 0 Å². The molecule has 0 radical (unpaired) electrons. The van der Waals surface area contributed by atoms with Crippen LogP contribution in [0.3, 0.4) is 0 Å². The Labute approximate surface area is 83.6 Å². The van der Waals surface area contributed by atoms with Crippen molar-refractivity contribution < 1.29 is 0 Å². The largest absolute Gasteiger partial charge is 0.156 e. The van der Waals surface area contributed by atoms with Crippen molar-refractivity contribution in [2.45, 2.75) is 26.3 Å². The molecule has 0 saturated carbocycles. The van der Waals surface area contributed by atoms with Crippen molar-refractivity contribution in [1.82, 2.24) is 0 Å². The molecule has 2 rings (SSSR count). The van der Waals surface area contributed by atoms with Gasteiger partial charge in [-0.05, 0) is 26.0 Å². The lowest BCUT2D eigenvalue weighted by atomic mass is 9.93. The fourth-order valence-corrected chi connectivity index (χ4v) is 1.47. The molecule has 0 aliphatic carbocycles. The van der Waals surface area contributed by atoms with Gasteiger partial charge in [0.1, 0.15) is 11.3 Å². The Kier molecular flexibility index (Phi) is 1.95. The van der Waals surface area contributed by atoms with Crippen LogP contribution in [0.25, 0.3) is 0 Å². The van der Waals surface area contributed by atoms with Gasteiger partial charge in [0, 0.05) is 5.56 Å². The molecule has 0 saturated heterocycles. The van der Waals surface area contributed by atoms with Gasteiger partial charge in [-0.3, -0.25) is 0 Å². The highest BCUT2D eigenvalue weighted by molar-refractivity contribution is 6.07. The summed E-state index contributed by atoms with van der Waals surface area (Å²) in [4.78, 5) is 0. The van der Waals surface area contributed by atoms with Crippen molar-refractivity contribution in [3.63, 3.8) is 0 Å². The Morgan fingerprint density at radius 2 is 1.71 bits per heavy atom. The molecule has 3 heteroatoms. The van der Waals surface area contributed by atoms with Gasteiger partial charge in [0.25, 0.3) is 0 Å². The first kappa shape index (κ1) is 9.06. The number of nitrogens with zero attached hydrogens (tertiary/aromatic N) is 3. The second kappa shape index (κ2) is 3.01. The van der Waals surface area contributed by atoms with Crippen molar-refractivity contribution in [3.05, 3.63) is 35.4 Å². The molecule has 1 aliphatic rings. The summed E-state index contributed by atoms with van der Waals surface area (Å²) >= 11 is 0. The van der Waals surface area contributed by atoms with E-state index in [9.17, 15) is 0 Å². The number of hydrogen-bond donors (Lipinski definition) is 0. The van der Waals surface area contributed by atoms with E-state index in [1.165, 1.54) is 5.56 Å². The van der Waals surface area contributed by atoms with Crippen molar-refractivity contribution in [2.24, 2.45) is 15.4 Å². The zero-order valence-corrected chi connectivity index (χ0v) is 8.65. The van der Waals surface area contributed by atoms with Gasteiger partial charge in [-0.15, -0.1) is 5.10 Å². The number of benzene rings is 1. The van der Waals surface area contributed by atoms with Crippen molar-refractivity contribution >= 4 is 5.71 Å². The van der Waals surface area contributed by atoms with Crippen LogP contribution in [-0.4, -0.2) is 11.3 Å². The Hall–Kier alpha value is -1.51. The molecule has 0 N–H and O–H groups in total. The highest BCUT2D eigenvalue weighted by Gasteiger charge is 2.29. The number of hydrogen-bond acceptors (Lipinski definition) is 3. The standard InChI is InChI=1S/C11H13N3/c1-8-4-6-9(7-5-8)10-11(2,3)13-14-12-10/h4-7H,1-3H3. The van der Waals surface area contributed by atoms with Crippen LogP contribution in [0.4, 0.5) is 0 Å². The van der Waals surface area contributed by atoms with Gasteiger partial charge in [0.05, 0.1) is 0 Å². The fourth-order valence-electron chi connectivity index (χ4n) is 1.47. The molecule has 3 nitrogen and oxygen atoms in total. The smallest absolute Gasteiger partial charge is 0.122 e. The average molecular weight is 187 g/mol. The number of aryl methyl sites for hydroxylation is 1. The Balaban J connectivity index is 2.38. The normalized spacial score (nSPS) is 18.4. The van der Waals surface area contributed by atoms with Gasteiger partial charge in [-0.1, -0.05) is 29.8 Å². The van der Waals surface area contributed by atoms with Gasteiger partial charge in [0.2, 0.25) is 0 Å². The van der Waals surface area contributed by atoms with E-state index >= 15 is 0 Å². The average Bonchev–Trinajstić information content (AvgIpc) is 2.47. The lowest BCUT2D eigenvalue weighted by Crippen LogP contribution is -2.27. The predicted molar refractivity (Wildman–Crippen MR) is 56.7 cm³/mol. The Bertz CT molecular complexity index is 399. The van der Waals surface area contributed by atoms with Crippen LogP contribution in [0.2, 0.25) is 0 Å². The molecule has 72 valence electrons. The summed E-state index contributed by atoms with van der Waals surface area (Å²) in [5, 5.41) is 11.9. The van der Waals surface area contributed by atoms with Crippen LogP contribution in [0, 0.1) is 6.92 Å². The Morgan fingerprint density at radius 1 is 1.07 bits per heavy atom. The van der Waals surface area contributed by atoms with Gasteiger partial charge in [-0.2, -0.15) is 5.11 Å². The van der Waals surface area contributed by atoms with E-state index in [0.29, 0.717) is 0 Å². The minimum atomic E-state index is -0.282. The maximum absolute atomic E-state index is 4.07. The fraction of sp³-hybridized carbons (Fsp3) is 0.364. The third kappa shape index (κ3) is 1.45. The second-order valence-electron chi connectivity index (χ2n) is 4.06.